The van der Waals surface area contributed by atoms with Crippen molar-refractivity contribution in [2.45, 2.75) is 57.9 Å². The molecule has 0 aliphatic heterocycles. The number of carbonyl (C=O) groups excluding carboxylic acids is 1. The van der Waals surface area contributed by atoms with E-state index < -0.39 is 0 Å². The molecule has 2 aliphatic rings. The van der Waals surface area contributed by atoms with Crippen LogP contribution in [0.25, 0.3) is 0 Å². The summed E-state index contributed by atoms with van der Waals surface area (Å²) in [5.74, 6) is 0.431. The zero-order chi connectivity index (χ0) is 11.8. The SMILES string of the molecule is CC1(C)CC1C(=O)NCC1(N)CCCCC1.Cl. The maximum atomic E-state index is 11.8. The van der Waals surface area contributed by atoms with E-state index in [1.165, 1.54) is 19.3 Å². The van der Waals surface area contributed by atoms with Gasteiger partial charge in [0.25, 0.3) is 0 Å². The third-order valence-electron chi connectivity index (χ3n) is 4.29. The highest BCUT2D eigenvalue weighted by Crippen LogP contribution is 2.51. The zero-order valence-corrected chi connectivity index (χ0v) is 11.7. The molecule has 0 saturated heterocycles. The zero-order valence-electron chi connectivity index (χ0n) is 10.9. The van der Waals surface area contributed by atoms with E-state index in [9.17, 15) is 4.79 Å². The minimum absolute atomic E-state index is 0. The van der Waals surface area contributed by atoms with Crippen molar-refractivity contribution in [2.24, 2.45) is 17.1 Å². The molecule has 2 saturated carbocycles. The Balaban J connectivity index is 0.00000144. The Morgan fingerprint density at radius 1 is 1.29 bits per heavy atom. The van der Waals surface area contributed by atoms with Crippen molar-refractivity contribution in [1.29, 1.82) is 0 Å². The summed E-state index contributed by atoms with van der Waals surface area (Å²) in [6.45, 7) is 4.96. The van der Waals surface area contributed by atoms with Crippen LogP contribution in [0.4, 0.5) is 0 Å². The molecule has 0 spiro atoms. The van der Waals surface area contributed by atoms with E-state index in [4.69, 9.17) is 5.73 Å². The van der Waals surface area contributed by atoms with Crippen LogP contribution < -0.4 is 11.1 Å². The van der Waals surface area contributed by atoms with Gasteiger partial charge in [-0.3, -0.25) is 4.79 Å². The van der Waals surface area contributed by atoms with Crippen LogP contribution in [0, 0.1) is 11.3 Å². The van der Waals surface area contributed by atoms with Crippen LogP contribution in [0.3, 0.4) is 0 Å². The van der Waals surface area contributed by atoms with E-state index >= 15 is 0 Å². The smallest absolute Gasteiger partial charge is 0.223 e. The largest absolute Gasteiger partial charge is 0.354 e. The van der Waals surface area contributed by atoms with Gasteiger partial charge in [-0.15, -0.1) is 12.4 Å². The average molecular weight is 261 g/mol. The van der Waals surface area contributed by atoms with Crippen molar-refractivity contribution in [1.82, 2.24) is 5.32 Å². The highest BCUT2D eigenvalue weighted by atomic mass is 35.5. The summed E-state index contributed by atoms with van der Waals surface area (Å²) in [5.41, 5.74) is 6.37. The van der Waals surface area contributed by atoms with E-state index in [1.807, 2.05) is 0 Å². The topological polar surface area (TPSA) is 55.1 Å². The van der Waals surface area contributed by atoms with Gasteiger partial charge in [-0.25, -0.2) is 0 Å². The number of nitrogens with two attached hydrogens (primary N) is 1. The van der Waals surface area contributed by atoms with Gasteiger partial charge in [0.05, 0.1) is 0 Å². The van der Waals surface area contributed by atoms with Crippen molar-refractivity contribution in [2.75, 3.05) is 6.54 Å². The lowest BCUT2D eigenvalue weighted by atomic mass is 9.82. The van der Waals surface area contributed by atoms with Crippen LogP contribution in [0.2, 0.25) is 0 Å². The Labute approximate surface area is 110 Å². The summed E-state index contributed by atoms with van der Waals surface area (Å²) in [6.07, 6.45) is 6.85. The second-order valence-electron chi connectivity index (χ2n) is 6.39. The standard InChI is InChI=1S/C13H24N2O.ClH/c1-12(2)8-10(12)11(16)15-9-13(14)6-4-3-5-7-13;/h10H,3-9,14H2,1-2H3,(H,15,16);1H. The van der Waals surface area contributed by atoms with Crippen molar-refractivity contribution in [3.05, 3.63) is 0 Å². The molecule has 2 aliphatic carbocycles. The predicted octanol–water partition coefficient (Wildman–Crippen LogP) is 2.23. The van der Waals surface area contributed by atoms with Crippen molar-refractivity contribution in [3.63, 3.8) is 0 Å². The van der Waals surface area contributed by atoms with Gasteiger partial charge in [0, 0.05) is 18.0 Å². The summed E-state index contributed by atoms with van der Waals surface area (Å²) in [7, 11) is 0. The molecule has 1 amide bonds. The third-order valence-corrected chi connectivity index (χ3v) is 4.29. The molecule has 0 aromatic carbocycles. The van der Waals surface area contributed by atoms with Gasteiger partial charge in [-0.1, -0.05) is 33.1 Å². The van der Waals surface area contributed by atoms with E-state index in [2.05, 4.69) is 19.2 Å². The molecule has 1 atom stereocenters. The second-order valence-corrected chi connectivity index (χ2v) is 6.39. The highest BCUT2D eigenvalue weighted by molar-refractivity contribution is 5.85. The molecular weight excluding hydrogens is 236 g/mol. The molecule has 0 aromatic rings. The molecule has 3 N–H and O–H groups in total. The normalized spacial score (nSPS) is 29.0. The summed E-state index contributed by atoms with van der Waals surface area (Å²) >= 11 is 0. The Bertz CT molecular complexity index is 285. The highest BCUT2D eigenvalue weighted by Gasteiger charge is 2.50. The van der Waals surface area contributed by atoms with E-state index in [0.29, 0.717) is 6.54 Å². The van der Waals surface area contributed by atoms with Crippen molar-refractivity contribution >= 4 is 18.3 Å². The number of halogens is 1. The monoisotopic (exact) mass is 260 g/mol. The van der Waals surface area contributed by atoms with Gasteiger partial charge < -0.3 is 11.1 Å². The number of hydrogen-bond donors (Lipinski definition) is 2. The fourth-order valence-corrected chi connectivity index (χ4v) is 2.73. The van der Waals surface area contributed by atoms with Gasteiger partial charge >= 0.3 is 0 Å². The van der Waals surface area contributed by atoms with Crippen LogP contribution in [0.1, 0.15) is 52.4 Å². The quantitative estimate of drug-likeness (QED) is 0.818. The maximum Gasteiger partial charge on any atom is 0.223 e. The lowest BCUT2D eigenvalue weighted by Crippen LogP contribution is -2.51. The molecule has 1 unspecified atom stereocenters. The van der Waals surface area contributed by atoms with Crippen molar-refractivity contribution < 1.29 is 4.79 Å². The van der Waals surface area contributed by atoms with Crippen LogP contribution in [-0.4, -0.2) is 18.0 Å². The average Bonchev–Trinajstić information content (AvgIpc) is 2.86. The maximum absolute atomic E-state index is 11.8. The molecule has 2 fully saturated rings. The van der Waals surface area contributed by atoms with Gasteiger partial charge in [0.1, 0.15) is 0 Å². The fraction of sp³-hybridized carbons (Fsp3) is 0.923. The van der Waals surface area contributed by atoms with E-state index in [-0.39, 0.29) is 35.2 Å². The van der Waals surface area contributed by atoms with E-state index in [0.717, 1.165) is 19.3 Å². The minimum Gasteiger partial charge on any atom is -0.354 e. The first-order chi connectivity index (χ1) is 7.43. The number of hydrogen-bond acceptors (Lipinski definition) is 2. The summed E-state index contributed by atoms with van der Waals surface area (Å²) in [6, 6.07) is 0. The van der Waals surface area contributed by atoms with Crippen LogP contribution in [-0.2, 0) is 4.79 Å². The Morgan fingerprint density at radius 2 is 1.82 bits per heavy atom. The molecule has 0 aromatic heterocycles. The Kier molecular flexibility index (Phi) is 4.48. The molecule has 0 radical (unpaired) electrons. The van der Waals surface area contributed by atoms with Crippen LogP contribution in [0.15, 0.2) is 0 Å². The Morgan fingerprint density at radius 3 is 2.29 bits per heavy atom. The molecule has 0 bridgehead atoms. The van der Waals surface area contributed by atoms with Gasteiger partial charge in [-0.05, 0) is 24.7 Å². The number of carbonyl (C=O) groups is 1. The first kappa shape index (κ1) is 14.8. The van der Waals surface area contributed by atoms with Gasteiger partial charge in [0.15, 0.2) is 0 Å². The number of rotatable bonds is 3. The first-order valence-corrected chi connectivity index (χ1v) is 6.50. The Hall–Kier alpha value is -0.280. The molecule has 4 heteroatoms. The van der Waals surface area contributed by atoms with Gasteiger partial charge in [0.2, 0.25) is 5.91 Å². The minimum atomic E-state index is -0.132. The molecular formula is C13H25ClN2O. The summed E-state index contributed by atoms with van der Waals surface area (Å²) in [4.78, 5) is 11.8. The molecule has 2 rings (SSSR count). The molecule has 3 nitrogen and oxygen atoms in total. The molecule has 100 valence electrons. The van der Waals surface area contributed by atoms with Crippen molar-refractivity contribution in [3.8, 4) is 0 Å². The van der Waals surface area contributed by atoms with Crippen LogP contribution in [0.5, 0.6) is 0 Å². The molecule has 17 heavy (non-hydrogen) atoms. The van der Waals surface area contributed by atoms with Crippen LogP contribution >= 0.6 is 12.4 Å². The number of amides is 1. The lowest BCUT2D eigenvalue weighted by Gasteiger charge is -2.33. The lowest BCUT2D eigenvalue weighted by molar-refractivity contribution is -0.123. The number of nitrogens with one attached hydrogen (secondary N) is 1. The fourth-order valence-electron chi connectivity index (χ4n) is 2.73. The molecule has 0 heterocycles. The summed E-state index contributed by atoms with van der Waals surface area (Å²) in [5, 5.41) is 3.05. The summed E-state index contributed by atoms with van der Waals surface area (Å²) < 4.78 is 0. The second kappa shape index (κ2) is 5.15. The third kappa shape index (κ3) is 3.59. The van der Waals surface area contributed by atoms with E-state index in [1.54, 1.807) is 0 Å². The predicted molar refractivity (Wildman–Crippen MR) is 72.1 cm³/mol. The first-order valence-electron chi connectivity index (χ1n) is 6.50. The van der Waals surface area contributed by atoms with Gasteiger partial charge in [-0.2, -0.15) is 0 Å².